The largest absolute Gasteiger partial charge is 0.511 e. The van der Waals surface area contributed by atoms with Crippen molar-refractivity contribution in [2.24, 2.45) is 11.3 Å². The highest BCUT2D eigenvalue weighted by atomic mass is 16.3. The normalized spacial score (nSPS) is 27.5. The van der Waals surface area contributed by atoms with Crippen LogP contribution in [-0.4, -0.2) is 16.7 Å². The molecule has 0 saturated heterocycles. The van der Waals surface area contributed by atoms with Crippen LogP contribution in [0, 0.1) is 11.3 Å². The smallest absolute Gasteiger partial charge is 0.166 e. The molecule has 0 amide bonds. The number of ketones is 2. The molecule has 0 spiro atoms. The van der Waals surface area contributed by atoms with Crippen LogP contribution in [0.25, 0.3) is 0 Å². The zero-order chi connectivity index (χ0) is 17.2. The fourth-order valence-electron chi connectivity index (χ4n) is 2.95. The maximum Gasteiger partial charge on any atom is 0.166 e. The maximum absolute atomic E-state index is 12.6. The van der Waals surface area contributed by atoms with Crippen molar-refractivity contribution in [2.75, 3.05) is 0 Å². The Kier molecular flexibility index (Phi) is 5.08. The zero-order valence-corrected chi connectivity index (χ0v) is 14.5. The van der Waals surface area contributed by atoms with Gasteiger partial charge < -0.3 is 5.11 Å². The number of aliphatic hydroxyl groups excluding tert-OH is 1. The van der Waals surface area contributed by atoms with E-state index in [9.17, 15) is 14.7 Å². The number of carbonyl (C=O) groups is 2. The van der Waals surface area contributed by atoms with E-state index in [0.717, 1.165) is 12.0 Å². The number of Topliss-reactive ketones (excluding diaryl/α,β-unsaturated/α-hetero) is 1. The van der Waals surface area contributed by atoms with E-state index >= 15 is 0 Å². The Labute approximate surface area is 138 Å². The highest BCUT2D eigenvalue weighted by molar-refractivity contribution is 6.10. The lowest BCUT2D eigenvalue weighted by Gasteiger charge is -2.32. The molecular formula is C20H26O3. The summed E-state index contributed by atoms with van der Waals surface area (Å²) in [5.74, 6) is 0.0283. The minimum absolute atomic E-state index is 0.0840. The van der Waals surface area contributed by atoms with Crippen LogP contribution >= 0.6 is 0 Å². The average Bonchev–Trinajstić information content (AvgIpc) is 3.12. The van der Waals surface area contributed by atoms with Crippen LogP contribution in [0.2, 0.25) is 0 Å². The van der Waals surface area contributed by atoms with Crippen molar-refractivity contribution in [1.29, 1.82) is 0 Å². The second kappa shape index (κ2) is 6.69. The van der Waals surface area contributed by atoms with E-state index < -0.39 is 5.41 Å². The monoisotopic (exact) mass is 314 g/mol. The van der Waals surface area contributed by atoms with Gasteiger partial charge in [-0.15, -0.1) is 0 Å². The van der Waals surface area contributed by atoms with Crippen molar-refractivity contribution in [3.63, 3.8) is 0 Å². The third kappa shape index (κ3) is 4.10. The molecule has 0 fully saturated rings. The van der Waals surface area contributed by atoms with Gasteiger partial charge in [0.25, 0.3) is 0 Å². The first-order valence-electron chi connectivity index (χ1n) is 8.21. The predicted octanol–water partition coefficient (Wildman–Crippen LogP) is 4.62. The summed E-state index contributed by atoms with van der Waals surface area (Å²) in [6.07, 6.45) is 9.17. The molecule has 2 aliphatic rings. The van der Waals surface area contributed by atoms with E-state index in [4.69, 9.17) is 0 Å². The third-order valence-corrected chi connectivity index (χ3v) is 4.74. The standard InChI is InChI=1S/C20H26O3/c1-13(2)5-7-20(18(22)11-17(21)12-19(20)23)8-6-14(3)9-16-10-15(16)4/h5-6,10-11,15,22H,7-9,12H2,1-4H3/b14-6+. The van der Waals surface area contributed by atoms with Crippen molar-refractivity contribution in [3.05, 3.63) is 46.8 Å². The summed E-state index contributed by atoms with van der Waals surface area (Å²) in [6, 6.07) is 0. The van der Waals surface area contributed by atoms with Gasteiger partial charge in [0.05, 0.1) is 11.8 Å². The first-order chi connectivity index (χ1) is 10.7. The fourth-order valence-corrected chi connectivity index (χ4v) is 2.95. The van der Waals surface area contributed by atoms with Gasteiger partial charge in [-0.1, -0.05) is 41.9 Å². The second-order valence-electron chi connectivity index (χ2n) is 7.13. The number of rotatable bonds is 6. The molecule has 0 bridgehead atoms. The lowest BCUT2D eigenvalue weighted by atomic mass is 9.70. The van der Waals surface area contributed by atoms with Gasteiger partial charge >= 0.3 is 0 Å². The lowest BCUT2D eigenvalue weighted by Crippen LogP contribution is -2.37. The van der Waals surface area contributed by atoms with Crippen molar-refractivity contribution < 1.29 is 14.7 Å². The number of allylic oxidation sites excluding steroid dienone is 8. The lowest BCUT2D eigenvalue weighted by molar-refractivity contribution is -0.133. The van der Waals surface area contributed by atoms with Gasteiger partial charge in [0.2, 0.25) is 0 Å². The summed E-state index contributed by atoms with van der Waals surface area (Å²) in [7, 11) is 0. The molecule has 1 N–H and O–H groups in total. The van der Waals surface area contributed by atoms with Crippen LogP contribution in [0.15, 0.2) is 46.8 Å². The Bertz CT molecular complexity index is 642. The Balaban J connectivity index is 2.23. The maximum atomic E-state index is 12.6. The second-order valence-corrected chi connectivity index (χ2v) is 7.13. The first kappa shape index (κ1) is 17.5. The van der Waals surface area contributed by atoms with Crippen LogP contribution in [0.1, 0.15) is 53.4 Å². The van der Waals surface area contributed by atoms with Crippen molar-refractivity contribution >= 4 is 11.6 Å². The molecule has 2 rings (SSSR count). The minimum atomic E-state index is -0.976. The molecule has 2 unspecified atom stereocenters. The molecule has 0 aliphatic heterocycles. The van der Waals surface area contributed by atoms with Gasteiger partial charge in [-0.25, -0.2) is 0 Å². The molecular weight excluding hydrogens is 288 g/mol. The topological polar surface area (TPSA) is 54.4 Å². The van der Waals surface area contributed by atoms with Crippen LogP contribution in [0.4, 0.5) is 0 Å². The van der Waals surface area contributed by atoms with E-state index in [1.807, 2.05) is 26.0 Å². The molecule has 2 atom stereocenters. The van der Waals surface area contributed by atoms with Gasteiger partial charge in [-0.05, 0) is 46.0 Å². The van der Waals surface area contributed by atoms with Gasteiger partial charge in [0, 0.05) is 6.08 Å². The molecule has 3 heteroatoms. The summed E-state index contributed by atoms with van der Waals surface area (Å²) < 4.78 is 0. The molecule has 3 nitrogen and oxygen atoms in total. The average molecular weight is 314 g/mol. The molecule has 0 aromatic heterocycles. The minimum Gasteiger partial charge on any atom is -0.511 e. The Hall–Kier alpha value is -1.90. The fraction of sp³-hybridized carbons (Fsp3) is 0.500. The van der Waals surface area contributed by atoms with Crippen molar-refractivity contribution in [3.8, 4) is 0 Å². The van der Waals surface area contributed by atoms with E-state index in [1.165, 1.54) is 17.2 Å². The first-order valence-corrected chi connectivity index (χ1v) is 8.21. The van der Waals surface area contributed by atoms with Crippen LogP contribution in [0.3, 0.4) is 0 Å². The number of carbonyl (C=O) groups excluding carboxylic acids is 2. The summed E-state index contributed by atoms with van der Waals surface area (Å²) in [4.78, 5) is 24.1. The summed E-state index contributed by atoms with van der Waals surface area (Å²) in [5, 5.41) is 10.4. The van der Waals surface area contributed by atoms with Crippen LogP contribution < -0.4 is 0 Å². The van der Waals surface area contributed by atoms with Crippen LogP contribution in [-0.2, 0) is 9.59 Å². The SMILES string of the molecule is CC(C)=CCC1(C/C=C(\C)CC2=CC2C)C(=O)CC(=O)C=C1O. The molecule has 0 aromatic carbocycles. The molecule has 124 valence electrons. The molecule has 0 heterocycles. The predicted molar refractivity (Wildman–Crippen MR) is 92.1 cm³/mol. The highest BCUT2D eigenvalue weighted by Crippen LogP contribution is 2.41. The van der Waals surface area contributed by atoms with E-state index in [0.29, 0.717) is 18.8 Å². The Morgan fingerprint density at radius 2 is 1.87 bits per heavy atom. The quantitative estimate of drug-likeness (QED) is 0.575. The van der Waals surface area contributed by atoms with Crippen molar-refractivity contribution in [2.45, 2.75) is 53.4 Å². The summed E-state index contributed by atoms with van der Waals surface area (Å²) in [6.45, 7) is 8.16. The van der Waals surface area contributed by atoms with E-state index in [2.05, 4.69) is 19.9 Å². The summed E-state index contributed by atoms with van der Waals surface area (Å²) >= 11 is 0. The van der Waals surface area contributed by atoms with Crippen LogP contribution in [0.5, 0.6) is 0 Å². The Morgan fingerprint density at radius 1 is 1.26 bits per heavy atom. The zero-order valence-electron chi connectivity index (χ0n) is 14.5. The molecule has 23 heavy (non-hydrogen) atoms. The van der Waals surface area contributed by atoms with Crippen molar-refractivity contribution in [1.82, 2.24) is 0 Å². The molecule has 0 aromatic rings. The van der Waals surface area contributed by atoms with Gasteiger partial charge in [0.1, 0.15) is 5.76 Å². The number of hydrogen-bond donors (Lipinski definition) is 1. The summed E-state index contributed by atoms with van der Waals surface area (Å²) in [5.41, 5.74) is 2.76. The van der Waals surface area contributed by atoms with E-state index in [1.54, 1.807) is 0 Å². The number of hydrogen-bond acceptors (Lipinski definition) is 3. The van der Waals surface area contributed by atoms with Gasteiger partial charge in [-0.3, -0.25) is 9.59 Å². The molecule has 0 saturated carbocycles. The van der Waals surface area contributed by atoms with E-state index in [-0.39, 0.29) is 23.7 Å². The number of aliphatic hydroxyl groups is 1. The molecule has 0 radical (unpaired) electrons. The van der Waals surface area contributed by atoms with Gasteiger partial charge in [-0.2, -0.15) is 0 Å². The molecule has 2 aliphatic carbocycles. The van der Waals surface area contributed by atoms with Gasteiger partial charge in [0.15, 0.2) is 11.6 Å². The highest BCUT2D eigenvalue weighted by Gasteiger charge is 2.44. The Morgan fingerprint density at radius 3 is 2.39 bits per heavy atom. The third-order valence-electron chi connectivity index (χ3n) is 4.74.